The van der Waals surface area contributed by atoms with Crippen LogP contribution in [0.4, 0.5) is 0 Å². The number of H-pyrrole nitrogens is 1. The van der Waals surface area contributed by atoms with E-state index in [-0.39, 0.29) is 5.91 Å². The summed E-state index contributed by atoms with van der Waals surface area (Å²) in [5.41, 5.74) is 2.38. The number of nitrogens with one attached hydrogen (secondary N) is 4. The van der Waals surface area contributed by atoms with Gasteiger partial charge in [0.05, 0.1) is 0 Å². The van der Waals surface area contributed by atoms with E-state index in [1.54, 1.807) is 0 Å². The zero-order valence-electron chi connectivity index (χ0n) is 16.5. The summed E-state index contributed by atoms with van der Waals surface area (Å²) in [6, 6.07) is 8.92. The van der Waals surface area contributed by atoms with E-state index in [1.165, 1.54) is 15.4 Å². The minimum Gasteiger partial charge on any atom is -0.348 e. The lowest BCUT2D eigenvalue weighted by atomic mass is 10.1. The van der Waals surface area contributed by atoms with Crippen molar-refractivity contribution in [3.05, 3.63) is 34.6 Å². The number of amides is 1. The van der Waals surface area contributed by atoms with Gasteiger partial charge in [-0.05, 0) is 37.0 Å². The number of quaternary nitrogens is 2. The summed E-state index contributed by atoms with van der Waals surface area (Å²) < 4.78 is 2.57. The summed E-state index contributed by atoms with van der Waals surface area (Å²) in [5, 5.41) is 6.45. The van der Waals surface area contributed by atoms with Gasteiger partial charge in [-0.25, -0.2) is 4.68 Å². The molecule has 7 nitrogen and oxygen atoms in total. The molecule has 0 bridgehead atoms. The van der Waals surface area contributed by atoms with Gasteiger partial charge < -0.3 is 15.1 Å². The summed E-state index contributed by atoms with van der Waals surface area (Å²) in [5.74, 6) is 1.03. The fourth-order valence-corrected chi connectivity index (χ4v) is 3.94. The highest BCUT2D eigenvalue weighted by Gasteiger charge is 2.28. The molecule has 150 valence electrons. The predicted molar refractivity (Wildman–Crippen MR) is 110 cm³/mol. The largest absolute Gasteiger partial charge is 0.348 e. The van der Waals surface area contributed by atoms with E-state index in [0.717, 1.165) is 63.5 Å². The number of piperazine rings is 1. The molecule has 1 saturated heterocycles. The molecule has 4 rings (SSSR count). The molecule has 1 aromatic carbocycles. The van der Waals surface area contributed by atoms with Gasteiger partial charge in [-0.15, -0.1) is 0 Å². The Morgan fingerprint density at radius 1 is 1.21 bits per heavy atom. The van der Waals surface area contributed by atoms with Crippen LogP contribution in [0.15, 0.2) is 24.3 Å². The van der Waals surface area contributed by atoms with Gasteiger partial charge in [-0.3, -0.25) is 9.89 Å². The number of benzene rings is 1. The first-order valence-electron chi connectivity index (χ1n) is 10.3. The molecule has 0 unspecified atom stereocenters. The quantitative estimate of drug-likeness (QED) is 0.458. The van der Waals surface area contributed by atoms with Crippen LogP contribution in [-0.2, 0) is 17.9 Å². The Labute approximate surface area is 170 Å². The van der Waals surface area contributed by atoms with Gasteiger partial charge in [0.1, 0.15) is 26.2 Å². The van der Waals surface area contributed by atoms with Gasteiger partial charge in [-0.2, -0.15) is 4.98 Å². The first kappa shape index (κ1) is 19.3. The van der Waals surface area contributed by atoms with Gasteiger partial charge in [0.15, 0.2) is 19.0 Å². The van der Waals surface area contributed by atoms with Crippen molar-refractivity contribution in [1.82, 2.24) is 20.1 Å². The summed E-state index contributed by atoms with van der Waals surface area (Å²) in [4.78, 5) is 19.4. The minimum atomic E-state index is 0.204. The summed E-state index contributed by atoms with van der Waals surface area (Å²) in [7, 11) is 0. The Bertz CT molecular complexity index is 862. The van der Waals surface area contributed by atoms with E-state index in [1.807, 2.05) is 4.68 Å². The van der Waals surface area contributed by atoms with Crippen molar-refractivity contribution < 1.29 is 14.6 Å². The first-order chi connectivity index (χ1) is 13.6. The van der Waals surface area contributed by atoms with Crippen LogP contribution in [0.1, 0.15) is 25.3 Å². The second-order valence-electron chi connectivity index (χ2n) is 8.01. The molecule has 2 aliphatic rings. The Morgan fingerprint density at radius 2 is 1.89 bits per heavy atom. The molecule has 28 heavy (non-hydrogen) atoms. The standard InChI is InChI=1S/C20H28N6OS/c1-2-15-3-5-16(6-4-15)19-22-20(28)26(23-19)14-25-11-9-24(10-12-25)13-18(27)21-17-7-8-17/h3-6,17H,2,7-14H2,1H3,(H,21,27)(H,22,23,28)/p+2. The lowest BCUT2D eigenvalue weighted by Crippen LogP contribution is -3.28. The third-order valence-electron chi connectivity index (χ3n) is 5.71. The number of carbonyl (C=O) groups is 1. The number of hydrogen-bond donors (Lipinski definition) is 4. The SMILES string of the molecule is CCc1ccc(-c2nc(=S)n(C[NH+]3CC[NH+](CC(=O)NC4CC4)CC3)[nH]2)cc1. The summed E-state index contributed by atoms with van der Waals surface area (Å²) >= 11 is 5.47. The van der Waals surface area contributed by atoms with Crippen LogP contribution in [0.5, 0.6) is 0 Å². The Morgan fingerprint density at radius 3 is 2.54 bits per heavy atom. The van der Waals surface area contributed by atoms with Crippen molar-refractivity contribution in [1.29, 1.82) is 0 Å². The monoisotopic (exact) mass is 402 g/mol. The van der Waals surface area contributed by atoms with E-state index < -0.39 is 0 Å². The molecule has 2 heterocycles. The van der Waals surface area contributed by atoms with Crippen molar-refractivity contribution in [3.63, 3.8) is 0 Å². The fourth-order valence-electron chi connectivity index (χ4n) is 3.74. The molecule has 1 saturated carbocycles. The van der Waals surface area contributed by atoms with Gasteiger partial charge in [0.2, 0.25) is 4.77 Å². The molecule has 1 aromatic heterocycles. The van der Waals surface area contributed by atoms with Crippen LogP contribution >= 0.6 is 12.2 Å². The number of nitrogens with zero attached hydrogens (tertiary/aromatic N) is 2. The number of aryl methyl sites for hydroxylation is 1. The number of rotatable bonds is 7. The van der Waals surface area contributed by atoms with Crippen molar-refractivity contribution in [3.8, 4) is 11.4 Å². The Balaban J connectivity index is 1.30. The Kier molecular flexibility index (Phi) is 5.89. The van der Waals surface area contributed by atoms with Gasteiger partial charge >= 0.3 is 0 Å². The van der Waals surface area contributed by atoms with Crippen molar-refractivity contribution in [2.75, 3.05) is 32.7 Å². The molecule has 1 aliphatic carbocycles. The molecule has 0 radical (unpaired) electrons. The maximum absolute atomic E-state index is 12.0. The summed E-state index contributed by atoms with van der Waals surface area (Å²) in [6.07, 6.45) is 3.33. The number of aromatic nitrogens is 3. The molecule has 0 atom stereocenters. The van der Waals surface area contributed by atoms with Crippen LogP contribution in [0.2, 0.25) is 0 Å². The van der Waals surface area contributed by atoms with Gasteiger partial charge in [0.25, 0.3) is 5.91 Å². The highest BCUT2D eigenvalue weighted by Crippen LogP contribution is 2.18. The predicted octanol–water partition coefficient (Wildman–Crippen LogP) is -0.810. The normalized spacial score (nSPS) is 22.2. The van der Waals surface area contributed by atoms with E-state index >= 15 is 0 Å². The zero-order valence-corrected chi connectivity index (χ0v) is 17.3. The van der Waals surface area contributed by atoms with Crippen molar-refractivity contribution >= 4 is 18.1 Å². The highest BCUT2D eigenvalue weighted by molar-refractivity contribution is 7.71. The summed E-state index contributed by atoms with van der Waals surface area (Å²) in [6.45, 7) is 7.65. The maximum atomic E-state index is 12.0. The molecule has 4 N–H and O–H groups in total. The van der Waals surface area contributed by atoms with Crippen molar-refractivity contribution in [2.45, 2.75) is 38.9 Å². The van der Waals surface area contributed by atoms with Crippen LogP contribution < -0.4 is 15.1 Å². The number of hydrogen-bond acceptors (Lipinski definition) is 3. The highest BCUT2D eigenvalue weighted by atomic mass is 32.1. The topological polar surface area (TPSA) is 71.6 Å². The average molecular weight is 403 g/mol. The second-order valence-corrected chi connectivity index (χ2v) is 8.38. The molecular formula is C20H30N6OS+2. The minimum absolute atomic E-state index is 0.204. The van der Waals surface area contributed by atoms with Crippen LogP contribution in [-0.4, -0.2) is 59.4 Å². The number of carbonyl (C=O) groups excluding carboxylic acids is 1. The maximum Gasteiger partial charge on any atom is 0.275 e. The van der Waals surface area contributed by atoms with E-state index in [0.29, 0.717) is 17.4 Å². The van der Waals surface area contributed by atoms with E-state index in [2.05, 4.69) is 46.6 Å². The molecule has 8 heteroatoms. The van der Waals surface area contributed by atoms with Crippen LogP contribution in [0, 0.1) is 4.77 Å². The molecule has 2 fully saturated rings. The van der Waals surface area contributed by atoms with Gasteiger partial charge in [-0.1, -0.05) is 31.2 Å². The van der Waals surface area contributed by atoms with Crippen LogP contribution in [0.25, 0.3) is 11.4 Å². The van der Waals surface area contributed by atoms with Crippen LogP contribution in [0.3, 0.4) is 0 Å². The van der Waals surface area contributed by atoms with Gasteiger partial charge in [0, 0.05) is 11.6 Å². The molecule has 1 aliphatic heterocycles. The first-order valence-corrected chi connectivity index (χ1v) is 10.7. The Hall–Kier alpha value is -2.03. The molecule has 2 aromatic rings. The molecular weight excluding hydrogens is 372 g/mol. The molecule has 0 spiro atoms. The lowest BCUT2D eigenvalue weighted by Gasteiger charge is -2.29. The fraction of sp³-hybridized carbons (Fsp3) is 0.550. The lowest BCUT2D eigenvalue weighted by molar-refractivity contribution is -1.02. The zero-order chi connectivity index (χ0) is 19.5. The van der Waals surface area contributed by atoms with E-state index in [4.69, 9.17) is 12.2 Å². The smallest absolute Gasteiger partial charge is 0.275 e. The third kappa shape index (κ3) is 4.87. The van der Waals surface area contributed by atoms with E-state index in [9.17, 15) is 4.79 Å². The number of aromatic amines is 1. The average Bonchev–Trinajstić information content (AvgIpc) is 3.44. The third-order valence-corrected chi connectivity index (χ3v) is 6.03. The second kappa shape index (κ2) is 8.55. The molecule has 1 amide bonds. The van der Waals surface area contributed by atoms with Crippen molar-refractivity contribution in [2.24, 2.45) is 0 Å².